The van der Waals surface area contributed by atoms with Crippen LogP contribution in [0.15, 0.2) is 66.7 Å². The summed E-state index contributed by atoms with van der Waals surface area (Å²) in [6, 6.07) is 19.0. The van der Waals surface area contributed by atoms with Crippen LogP contribution in [0.25, 0.3) is 6.08 Å². The number of allylic oxidation sites excluding steroid dienone is 1. The van der Waals surface area contributed by atoms with Gasteiger partial charge in [-0.25, -0.2) is 0 Å². The van der Waals surface area contributed by atoms with Gasteiger partial charge in [-0.05, 0) is 65.1 Å². The van der Waals surface area contributed by atoms with Crippen LogP contribution < -0.4 is 18.9 Å². The van der Waals surface area contributed by atoms with Gasteiger partial charge in [0.15, 0.2) is 17.3 Å². The van der Waals surface area contributed by atoms with Crippen molar-refractivity contribution in [3.63, 3.8) is 0 Å². The van der Waals surface area contributed by atoms with Gasteiger partial charge in [0.05, 0.1) is 21.3 Å². The molecule has 0 saturated heterocycles. The van der Waals surface area contributed by atoms with Crippen LogP contribution in [0.1, 0.15) is 47.8 Å². The maximum atomic E-state index is 12.7. The van der Waals surface area contributed by atoms with Crippen molar-refractivity contribution in [1.82, 2.24) is 0 Å². The summed E-state index contributed by atoms with van der Waals surface area (Å²) in [4.78, 5) is 12.7. The first kappa shape index (κ1) is 24.9. The second-order valence-electron chi connectivity index (χ2n) is 8.90. The zero-order valence-corrected chi connectivity index (χ0v) is 20.7. The highest BCUT2D eigenvalue weighted by Gasteiger charge is 2.13. The molecule has 0 amide bonds. The smallest absolute Gasteiger partial charge is 0.185 e. The summed E-state index contributed by atoms with van der Waals surface area (Å²) in [5.74, 6) is 2.49. The van der Waals surface area contributed by atoms with Gasteiger partial charge in [0.1, 0.15) is 18.1 Å². The van der Waals surface area contributed by atoms with Gasteiger partial charge in [0.2, 0.25) is 0 Å². The summed E-state index contributed by atoms with van der Waals surface area (Å²) in [5.41, 5.74) is 3.63. The fourth-order valence-corrected chi connectivity index (χ4v) is 3.48. The van der Waals surface area contributed by atoms with Crippen LogP contribution in [0.3, 0.4) is 0 Å². The third-order valence-electron chi connectivity index (χ3n) is 5.51. The topological polar surface area (TPSA) is 54.0 Å². The number of methoxy groups -OCH3 is 3. The van der Waals surface area contributed by atoms with Gasteiger partial charge in [-0.1, -0.05) is 45.0 Å². The van der Waals surface area contributed by atoms with Crippen LogP contribution in [0.5, 0.6) is 23.0 Å². The van der Waals surface area contributed by atoms with Crippen molar-refractivity contribution in [1.29, 1.82) is 0 Å². The van der Waals surface area contributed by atoms with E-state index in [1.165, 1.54) is 5.56 Å². The molecule has 0 bridgehead atoms. The lowest BCUT2D eigenvalue weighted by Crippen LogP contribution is -2.10. The maximum absolute atomic E-state index is 12.7. The predicted octanol–water partition coefficient (Wildman–Crippen LogP) is 6.49. The third-order valence-corrected chi connectivity index (χ3v) is 5.51. The predicted molar refractivity (Wildman–Crippen MR) is 135 cm³/mol. The Bertz CT molecular complexity index is 1150. The molecular weight excluding hydrogens is 428 g/mol. The van der Waals surface area contributed by atoms with Crippen molar-refractivity contribution in [3.05, 3.63) is 89.0 Å². The van der Waals surface area contributed by atoms with Crippen molar-refractivity contribution in [2.45, 2.75) is 32.8 Å². The van der Waals surface area contributed by atoms with E-state index in [4.69, 9.17) is 18.9 Å². The monoisotopic (exact) mass is 460 g/mol. The molecule has 0 unspecified atom stereocenters. The Morgan fingerprint density at radius 1 is 0.794 bits per heavy atom. The fourth-order valence-electron chi connectivity index (χ4n) is 3.48. The van der Waals surface area contributed by atoms with Crippen LogP contribution in [0, 0.1) is 0 Å². The first-order valence-electron chi connectivity index (χ1n) is 11.1. The molecule has 5 heteroatoms. The molecule has 0 atom stereocenters. The summed E-state index contributed by atoms with van der Waals surface area (Å²) in [5, 5.41) is 0. The Balaban J connectivity index is 1.73. The molecule has 0 spiro atoms. The minimum absolute atomic E-state index is 0.0940. The Morgan fingerprint density at radius 3 is 2.06 bits per heavy atom. The Morgan fingerprint density at radius 2 is 1.44 bits per heavy atom. The van der Waals surface area contributed by atoms with Gasteiger partial charge in [-0.3, -0.25) is 4.79 Å². The van der Waals surface area contributed by atoms with E-state index in [-0.39, 0.29) is 11.2 Å². The van der Waals surface area contributed by atoms with Crippen molar-refractivity contribution in [2.24, 2.45) is 0 Å². The first-order chi connectivity index (χ1) is 16.2. The molecule has 3 aromatic rings. The molecule has 0 aliphatic rings. The van der Waals surface area contributed by atoms with Crippen molar-refractivity contribution in [2.75, 3.05) is 21.3 Å². The number of ether oxygens (including phenoxy) is 4. The normalized spacial score (nSPS) is 11.4. The molecular formula is C29H32O5. The fraction of sp³-hybridized carbons (Fsp3) is 0.276. The summed E-state index contributed by atoms with van der Waals surface area (Å²) in [6.45, 7) is 6.90. The van der Waals surface area contributed by atoms with Gasteiger partial charge in [-0.15, -0.1) is 0 Å². The van der Waals surface area contributed by atoms with E-state index in [2.05, 4.69) is 32.9 Å². The van der Waals surface area contributed by atoms with Crippen molar-refractivity contribution < 1.29 is 23.7 Å². The van der Waals surface area contributed by atoms with E-state index in [0.717, 1.165) is 22.6 Å². The minimum atomic E-state index is -0.131. The molecule has 0 fully saturated rings. The van der Waals surface area contributed by atoms with Crippen LogP contribution in [-0.4, -0.2) is 27.1 Å². The molecule has 0 aliphatic carbocycles. The van der Waals surface area contributed by atoms with Crippen LogP contribution >= 0.6 is 0 Å². The quantitative estimate of drug-likeness (QED) is 0.270. The van der Waals surface area contributed by atoms with Crippen LogP contribution in [-0.2, 0) is 12.0 Å². The third kappa shape index (κ3) is 6.19. The number of carbonyl (C=O) groups excluding carboxylic acids is 1. The number of rotatable bonds is 9. The van der Waals surface area contributed by atoms with E-state index < -0.39 is 0 Å². The van der Waals surface area contributed by atoms with Crippen LogP contribution in [0.2, 0.25) is 0 Å². The standard InChI is InChI=1S/C29H32O5/c1-29(2,3)23-10-12-24(13-11-23)34-19-22-17-20(8-15-26(22)31-4)7-14-25(30)21-9-16-27(32-5)28(18-21)33-6/h7-18H,19H2,1-6H3/b14-7+. The number of benzene rings is 3. The Hall–Kier alpha value is -3.73. The van der Waals surface area contributed by atoms with E-state index in [1.54, 1.807) is 51.7 Å². The molecule has 0 aliphatic heterocycles. The zero-order valence-electron chi connectivity index (χ0n) is 20.7. The van der Waals surface area contributed by atoms with Gasteiger partial charge in [-0.2, -0.15) is 0 Å². The van der Waals surface area contributed by atoms with Gasteiger partial charge in [0, 0.05) is 11.1 Å². The van der Waals surface area contributed by atoms with E-state index in [9.17, 15) is 4.79 Å². The summed E-state index contributed by atoms with van der Waals surface area (Å²) >= 11 is 0. The SMILES string of the molecule is COc1ccc(/C=C/C(=O)c2ccc(OC)c(OC)c2)cc1COc1ccc(C(C)(C)C)cc1. The van der Waals surface area contributed by atoms with Crippen molar-refractivity contribution in [3.8, 4) is 23.0 Å². The molecule has 178 valence electrons. The molecule has 5 nitrogen and oxygen atoms in total. The molecule has 0 radical (unpaired) electrons. The van der Waals surface area contributed by atoms with Gasteiger partial charge < -0.3 is 18.9 Å². The number of hydrogen-bond donors (Lipinski definition) is 0. The Labute approximate surface area is 201 Å². The number of hydrogen-bond acceptors (Lipinski definition) is 5. The molecule has 0 heterocycles. The highest BCUT2D eigenvalue weighted by atomic mass is 16.5. The molecule has 0 saturated carbocycles. The molecule has 3 rings (SSSR count). The Kier molecular flexibility index (Phi) is 8.00. The van der Waals surface area contributed by atoms with Gasteiger partial charge in [0.25, 0.3) is 0 Å². The largest absolute Gasteiger partial charge is 0.496 e. The lowest BCUT2D eigenvalue weighted by molar-refractivity contribution is 0.104. The summed E-state index contributed by atoms with van der Waals surface area (Å²) in [6.07, 6.45) is 3.32. The summed E-state index contributed by atoms with van der Waals surface area (Å²) < 4.78 is 22.0. The number of ketones is 1. The second kappa shape index (κ2) is 10.9. The average molecular weight is 461 g/mol. The number of carbonyl (C=O) groups is 1. The molecule has 0 N–H and O–H groups in total. The van der Waals surface area contributed by atoms with E-state index >= 15 is 0 Å². The lowest BCUT2D eigenvalue weighted by Gasteiger charge is -2.19. The first-order valence-corrected chi connectivity index (χ1v) is 11.1. The van der Waals surface area contributed by atoms with Crippen LogP contribution in [0.4, 0.5) is 0 Å². The molecule has 3 aromatic carbocycles. The highest BCUT2D eigenvalue weighted by molar-refractivity contribution is 6.07. The molecule has 0 aromatic heterocycles. The zero-order chi connectivity index (χ0) is 24.7. The van der Waals surface area contributed by atoms with Gasteiger partial charge >= 0.3 is 0 Å². The molecule has 34 heavy (non-hydrogen) atoms. The highest BCUT2D eigenvalue weighted by Crippen LogP contribution is 2.29. The maximum Gasteiger partial charge on any atom is 0.185 e. The average Bonchev–Trinajstić information content (AvgIpc) is 2.85. The van der Waals surface area contributed by atoms with Crippen molar-refractivity contribution >= 4 is 11.9 Å². The summed E-state index contributed by atoms with van der Waals surface area (Å²) in [7, 11) is 4.74. The minimum Gasteiger partial charge on any atom is -0.496 e. The van der Waals surface area contributed by atoms with E-state index in [1.807, 2.05) is 30.3 Å². The van der Waals surface area contributed by atoms with E-state index in [0.29, 0.717) is 23.7 Å². The lowest BCUT2D eigenvalue weighted by atomic mass is 9.87. The second-order valence-corrected chi connectivity index (χ2v) is 8.90.